The summed E-state index contributed by atoms with van der Waals surface area (Å²) in [6, 6.07) is 7.20. The number of hydrogen-bond acceptors (Lipinski definition) is 2. The normalized spacial score (nSPS) is 12.7. The lowest BCUT2D eigenvalue weighted by Gasteiger charge is -2.21. The van der Waals surface area contributed by atoms with E-state index in [9.17, 15) is 4.39 Å². The summed E-state index contributed by atoms with van der Waals surface area (Å²) in [5, 5.41) is 3.54. The average molecular weight is 356 g/mol. The summed E-state index contributed by atoms with van der Waals surface area (Å²) in [6.45, 7) is 7.19. The van der Waals surface area contributed by atoms with Crippen LogP contribution < -0.4 is 5.32 Å². The fraction of sp³-hybridized carbons (Fsp3) is 0.375. The molecule has 0 aliphatic rings. The third-order valence-electron chi connectivity index (χ3n) is 3.39. The summed E-state index contributed by atoms with van der Waals surface area (Å²) in [5.74, 6) is -0.180. The number of thiophene rings is 1. The van der Waals surface area contributed by atoms with Crippen molar-refractivity contribution in [3.63, 3.8) is 0 Å². The summed E-state index contributed by atoms with van der Waals surface area (Å²) in [5.41, 5.74) is 3.36. The van der Waals surface area contributed by atoms with Crippen molar-refractivity contribution >= 4 is 27.3 Å². The van der Waals surface area contributed by atoms with E-state index in [4.69, 9.17) is 0 Å². The second-order valence-electron chi connectivity index (χ2n) is 4.95. The zero-order valence-corrected chi connectivity index (χ0v) is 14.4. The van der Waals surface area contributed by atoms with Gasteiger partial charge in [-0.2, -0.15) is 0 Å². The van der Waals surface area contributed by atoms with Crippen molar-refractivity contribution in [3.05, 3.63) is 55.4 Å². The molecule has 0 spiro atoms. The van der Waals surface area contributed by atoms with E-state index in [1.807, 2.05) is 13.0 Å². The van der Waals surface area contributed by atoms with E-state index >= 15 is 0 Å². The van der Waals surface area contributed by atoms with E-state index in [0.29, 0.717) is 0 Å². The second kappa shape index (κ2) is 6.83. The van der Waals surface area contributed by atoms with Gasteiger partial charge < -0.3 is 5.32 Å². The Labute approximate surface area is 132 Å². The van der Waals surface area contributed by atoms with Crippen LogP contribution in [0.2, 0.25) is 0 Å². The van der Waals surface area contributed by atoms with Crippen LogP contribution in [0.3, 0.4) is 0 Å². The fourth-order valence-electron chi connectivity index (χ4n) is 2.34. The molecule has 108 valence electrons. The predicted molar refractivity (Wildman–Crippen MR) is 88.0 cm³/mol. The van der Waals surface area contributed by atoms with Crippen molar-refractivity contribution in [3.8, 4) is 0 Å². The molecule has 1 atom stereocenters. The maximum Gasteiger partial charge on any atom is 0.123 e. The van der Waals surface area contributed by atoms with Gasteiger partial charge in [0, 0.05) is 4.88 Å². The van der Waals surface area contributed by atoms with Crippen LogP contribution in [0.25, 0.3) is 0 Å². The molecule has 1 unspecified atom stereocenters. The molecule has 2 rings (SSSR count). The van der Waals surface area contributed by atoms with Crippen molar-refractivity contribution in [2.45, 2.75) is 33.2 Å². The van der Waals surface area contributed by atoms with E-state index in [1.165, 1.54) is 16.5 Å². The van der Waals surface area contributed by atoms with E-state index in [-0.39, 0.29) is 11.9 Å². The van der Waals surface area contributed by atoms with Crippen molar-refractivity contribution < 1.29 is 4.39 Å². The molecule has 0 saturated carbocycles. The quantitative estimate of drug-likeness (QED) is 0.761. The standard InChI is InChI=1S/C16H19BrFNS/c1-4-7-19-16(14-9-15(17)20-11(14)3)13-8-12(18)6-5-10(13)2/h5-6,8-9,16,19H,4,7H2,1-3H3. The number of halogens is 2. The molecule has 0 amide bonds. The van der Waals surface area contributed by atoms with Gasteiger partial charge in [-0.1, -0.05) is 13.0 Å². The van der Waals surface area contributed by atoms with E-state index in [2.05, 4.69) is 41.2 Å². The van der Waals surface area contributed by atoms with E-state index < -0.39 is 0 Å². The lowest BCUT2D eigenvalue weighted by atomic mass is 9.95. The Morgan fingerprint density at radius 1 is 1.25 bits per heavy atom. The highest BCUT2D eigenvalue weighted by Gasteiger charge is 2.20. The summed E-state index contributed by atoms with van der Waals surface area (Å²) >= 11 is 5.26. The minimum atomic E-state index is -0.180. The van der Waals surface area contributed by atoms with Crippen LogP contribution in [0.4, 0.5) is 4.39 Å². The van der Waals surface area contributed by atoms with Gasteiger partial charge in [0.05, 0.1) is 9.83 Å². The third-order valence-corrected chi connectivity index (χ3v) is 4.96. The molecule has 0 bridgehead atoms. The molecule has 1 aromatic heterocycles. The Morgan fingerprint density at radius 2 is 2.00 bits per heavy atom. The Hall–Kier alpha value is -0.710. The number of nitrogens with one attached hydrogen (secondary N) is 1. The van der Waals surface area contributed by atoms with Crippen LogP contribution in [0.1, 0.15) is 41.0 Å². The summed E-state index contributed by atoms with van der Waals surface area (Å²) in [6.07, 6.45) is 1.05. The Kier molecular flexibility index (Phi) is 5.35. The molecule has 2 aromatic rings. The largest absolute Gasteiger partial charge is 0.306 e. The van der Waals surface area contributed by atoms with Crippen molar-refractivity contribution in [2.75, 3.05) is 6.54 Å². The molecule has 4 heteroatoms. The molecule has 0 radical (unpaired) electrons. The fourth-order valence-corrected chi connectivity index (χ4v) is 4.09. The van der Waals surface area contributed by atoms with Gasteiger partial charge in [-0.3, -0.25) is 0 Å². The molecule has 1 aromatic carbocycles. The van der Waals surface area contributed by atoms with E-state index in [0.717, 1.165) is 27.9 Å². The molecule has 1 N–H and O–H groups in total. The SMILES string of the molecule is CCCNC(c1cc(F)ccc1C)c1cc(Br)sc1C. The van der Waals surface area contributed by atoms with Gasteiger partial charge in [0.1, 0.15) is 5.82 Å². The molecule has 0 aliphatic carbocycles. The smallest absolute Gasteiger partial charge is 0.123 e. The minimum absolute atomic E-state index is 0.0493. The Balaban J connectivity index is 2.46. The number of aryl methyl sites for hydroxylation is 2. The molecule has 1 heterocycles. The van der Waals surface area contributed by atoms with Gasteiger partial charge >= 0.3 is 0 Å². The monoisotopic (exact) mass is 355 g/mol. The van der Waals surface area contributed by atoms with Crippen molar-refractivity contribution in [1.82, 2.24) is 5.32 Å². The van der Waals surface area contributed by atoms with Crippen LogP contribution in [0.15, 0.2) is 28.1 Å². The molecule has 1 nitrogen and oxygen atoms in total. The topological polar surface area (TPSA) is 12.0 Å². The van der Waals surface area contributed by atoms with Crippen LogP contribution in [0, 0.1) is 19.7 Å². The van der Waals surface area contributed by atoms with Gasteiger partial charge in [0.2, 0.25) is 0 Å². The molecule has 0 aliphatic heterocycles. The van der Waals surface area contributed by atoms with Gasteiger partial charge in [0.25, 0.3) is 0 Å². The van der Waals surface area contributed by atoms with Gasteiger partial charge in [-0.15, -0.1) is 11.3 Å². The highest BCUT2D eigenvalue weighted by Crippen LogP contribution is 2.35. The molecule has 0 saturated heterocycles. The van der Waals surface area contributed by atoms with Gasteiger partial charge in [0.15, 0.2) is 0 Å². The zero-order chi connectivity index (χ0) is 14.7. The third kappa shape index (κ3) is 3.48. The van der Waals surface area contributed by atoms with Crippen LogP contribution >= 0.6 is 27.3 Å². The highest BCUT2D eigenvalue weighted by atomic mass is 79.9. The van der Waals surface area contributed by atoms with Crippen LogP contribution in [-0.2, 0) is 0 Å². The maximum atomic E-state index is 13.6. The number of rotatable bonds is 5. The van der Waals surface area contributed by atoms with Crippen molar-refractivity contribution in [1.29, 1.82) is 0 Å². The highest BCUT2D eigenvalue weighted by molar-refractivity contribution is 9.11. The maximum absolute atomic E-state index is 13.6. The van der Waals surface area contributed by atoms with Crippen molar-refractivity contribution in [2.24, 2.45) is 0 Å². The Morgan fingerprint density at radius 3 is 2.60 bits per heavy atom. The summed E-state index contributed by atoms with van der Waals surface area (Å²) in [4.78, 5) is 1.26. The summed E-state index contributed by atoms with van der Waals surface area (Å²) in [7, 11) is 0. The predicted octanol–water partition coefficient (Wildman–Crippen LogP) is 5.36. The van der Waals surface area contributed by atoms with E-state index in [1.54, 1.807) is 17.4 Å². The zero-order valence-electron chi connectivity index (χ0n) is 12.0. The summed E-state index contributed by atoms with van der Waals surface area (Å²) < 4.78 is 14.7. The average Bonchev–Trinajstić information content (AvgIpc) is 2.73. The minimum Gasteiger partial charge on any atom is -0.306 e. The first kappa shape index (κ1) is 15.7. The van der Waals surface area contributed by atoms with Gasteiger partial charge in [-0.05, 0) is 77.6 Å². The molecular weight excluding hydrogens is 337 g/mol. The number of hydrogen-bond donors (Lipinski definition) is 1. The molecular formula is C16H19BrFNS. The van der Waals surface area contributed by atoms with Gasteiger partial charge in [-0.25, -0.2) is 4.39 Å². The molecule has 0 fully saturated rings. The van der Waals surface area contributed by atoms with Crippen LogP contribution in [0.5, 0.6) is 0 Å². The lowest BCUT2D eigenvalue weighted by Crippen LogP contribution is -2.24. The first-order valence-electron chi connectivity index (χ1n) is 6.78. The van der Waals surface area contributed by atoms with Crippen LogP contribution in [-0.4, -0.2) is 6.54 Å². The second-order valence-corrected chi connectivity index (χ2v) is 7.59. The molecule has 20 heavy (non-hydrogen) atoms. The Bertz CT molecular complexity index is 594. The first-order chi connectivity index (χ1) is 9.52. The lowest BCUT2D eigenvalue weighted by molar-refractivity contribution is 0.582. The first-order valence-corrected chi connectivity index (χ1v) is 8.39. The number of benzene rings is 1.